The van der Waals surface area contributed by atoms with Crippen LogP contribution in [-0.2, 0) is 4.74 Å². The zero-order valence-electron chi connectivity index (χ0n) is 10.6. The van der Waals surface area contributed by atoms with Crippen molar-refractivity contribution in [3.05, 3.63) is 23.9 Å². The first-order chi connectivity index (χ1) is 8.75. The van der Waals surface area contributed by atoms with Crippen LogP contribution in [0.15, 0.2) is 18.2 Å². The van der Waals surface area contributed by atoms with Gasteiger partial charge in [0.05, 0.1) is 18.8 Å². The van der Waals surface area contributed by atoms with E-state index in [0.29, 0.717) is 24.7 Å². The summed E-state index contributed by atoms with van der Waals surface area (Å²) in [7, 11) is 0. The largest absolute Gasteiger partial charge is 0.384 e. The molecule has 0 spiro atoms. The average molecular weight is 284 g/mol. The van der Waals surface area contributed by atoms with Crippen LogP contribution in [0.3, 0.4) is 0 Å². The molecule has 1 aliphatic heterocycles. The summed E-state index contributed by atoms with van der Waals surface area (Å²) in [5.41, 5.74) is 6.06. The second kappa shape index (κ2) is 5.75. The zero-order valence-corrected chi connectivity index (χ0v) is 11.4. The monoisotopic (exact) mass is 283 g/mol. The molecule has 2 N–H and O–H groups in total. The lowest BCUT2D eigenvalue weighted by Gasteiger charge is -2.37. The topological polar surface area (TPSA) is 68.5 Å². The Bertz CT molecular complexity index is 469. The maximum atomic E-state index is 12.4. The number of morpholine rings is 1. The highest BCUT2D eigenvalue weighted by atomic mass is 35.5. The predicted molar refractivity (Wildman–Crippen MR) is 74.3 cm³/mol. The number of halogens is 1. The molecule has 0 radical (unpaired) electrons. The summed E-state index contributed by atoms with van der Waals surface area (Å²) < 4.78 is 5.70. The second-order valence-electron chi connectivity index (χ2n) is 4.85. The number of pyridine rings is 1. The standard InChI is InChI=1S/C13H17N3O2.ClH/c14-12-6-1-3-9(15-12)13(17)16-7-8-18-11-5-2-4-10(11)16;/h1,3,6,10-11H,2,4-5,7-8H2,(H2,14,15);1H. The van der Waals surface area contributed by atoms with Gasteiger partial charge in [-0.2, -0.15) is 0 Å². The predicted octanol–water partition coefficient (Wildman–Crippen LogP) is 1.48. The van der Waals surface area contributed by atoms with E-state index in [1.165, 1.54) is 0 Å². The Hall–Kier alpha value is -1.33. The fourth-order valence-corrected chi connectivity index (χ4v) is 2.90. The minimum Gasteiger partial charge on any atom is -0.384 e. The van der Waals surface area contributed by atoms with E-state index in [-0.39, 0.29) is 30.5 Å². The molecule has 5 nitrogen and oxygen atoms in total. The van der Waals surface area contributed by atoms with Gasteiger partial charge in [0, 0.05) is 6.54 Å². The molecule has 1 aromatic heterocycles. The van der Waals surface area contributed by atoms with Gasteiger partial charge in [-0.05, 0) is 31.4 Å². The van der Waals surface area contributed by atoms with E-state index in [0.717, 1.165) is 19.3 Å². The number of hydrogen-bond acceptors (Lipinski definition) is 4. The first kappa shape index (κ1) is 14.1. The summed E-state index contributed by atoms with van der Waals surface area (Å²) in [6.07, 6.45) is 3.42. The molecule has 2 heterocycles. The van der Waals surface area contributed by atoms with Crippen LogP contribution in [0.5, 0.6) is 0 Å². The molecular formula is C13H18ClN3O2. The normalized spacial score (nSPS) is 25.6. The highest BCUT2D eigenvalue weighted by Crippen LogP contribution is 2.30. The number of fused-ring (bicyclic) bond motifs is 1. The molecule has 3 rings (SSSR count). The van der Waals surface area contributed by atoms with Crippen LogP contribution < -0.4 is 5.73 Å². The number of amides is 1. The molecule has 6 heteroatoms. The highest BCUT2D eigenvalue weighted by Gasteiger charge is 2.38. The van der Waals surface area contributed by atoms with Gasteiger partial charge in [-0.3, -0.25) is 4.79 Å². The number of nitrogens with zero attached hydrogens (tertiary/aromatic N) is 2. The molecular weight excluding hydrogens is 266 g/mol. The van der Waals surface area contributed by atoms with Crippen molar-refractivity contribution in [1.29, 1.82) is 0 Å². The van der Waals surface area contributed by atoms with Crippen LogP contribution in [0.4, 0.5) is 5.82 Å². The van der Waals surface area contributed by atoms with Gasteiger partial charge in [0.15, 0.2) is 0 Å². The lowest BCUT2D eigenvalue weighted by molar-refractivity contribution is -0.0447. The molecule has 19 heavy (non-hydrogen) atoms. The lowest BCUT2D eigenvalue weighted by atomic mass is 10.1. The third-order valence-electron chi connectivity index (χ3n) is 3.73. The Morgan fingerprint density at radius 1 is 1.42 bits per heavy atom. The van der Waals surface area contributed by atoms with Gasteiger partial charge in [-0.25, -0.2) is 4.98 Å². The Morgan fingerprint density at radius 2 is 2.26 bits per heavy atom. The zero-order chi connectivity index (χ0) is 12.5. The van der Waals surface area contributed by atoms with E-state index in [1.807, 2.05) is 4.90 Å². The Morgan fingerprint density at radius 3 is 3.05 bits per heavy atom. The summed E-state index contributed by atoms with van der Waals surface area (Å²) in [5.74, 6) is 0.361. The van der Waals surface area contributed by atoms with Gasteiger partial charge in [0.25, 0.3) is 5.91 Å². The number of rotatable bonds is 1. The van der Waals surface area contributed by atoms with Crippen molar-refractivity contribution in [3.8, 4) is 0 Å². The van der Waals surface area contributed by atoms with Crippen LogP contribution in [0.2, 0.25) is 0 Å². The minimum atomic E-state index is -0.0255. The molecule has 2 aliphatic rings. The highest BCUT2D eigenvalue weighted by molar-refractivity contribution is 5.93. The number of ether oxygens (including phenoxy) is 1. The number of nitrogen functional groups attached to an aromatic ring is 1. The maximum absolute atomic E-state index is 12.4. The van der Waals surface area contributed by atoms with Crippen LogP contribution in [0.1, 0.15) is 29.8 Å². The van der Waals surface area contributed by atoms with Crippen LogP contribution in [0, 0.1) is 0 Å². The van der Waals surface area contributed by atoms with Gasteiger partial charge in [0.1, 0.15) is 11.5 Å². The number of carbonyl (C=O) groups excluding carboxylic acids is 1. The smallest absolute Gasteiger partial charge is 0.272 e. The lowest BCUT2D eigenvalue weighted by Crippen LogP contribution is -2.51. The molecule has 2 atom stereocenters. The number of aromatic nitrogens is 1. The summed E-state index contributed by atoms with van der Waals surface area (Å²) >= 11 is 0. The van der Waals surface area contributed by atoms with E-state index < -0.39 is 0 Å². The first-order valence-electron chi connectivity index (χ1n) is 6.41. The maximum Gasteiger partial charge on any atom is 0.272 e. The molecule has 1 saturated heterocycles. The Labute approximate surface area is 118 Å². The Balaban J connectivity index is 0.00000133. The van der Waals surface area contributed by atoms with Gasteiger partial charge in [-0.1, -0.05) is 6.07 Å². The average Bonchev–Trinajstić information content (AvgIpc) is 2.86. The van der Waals surface area contributed by atoms with Crippen LogP contribution >= 0.6 is 12.4 Å². The van der Waals surface area contributed by atoms with Crippen molar-refractivity contribution in [3.63, 3.8) is 0 Å². The van der Waals surface area contributed by atoms with Crippen LogP contribution in [0.25, 0.3) is 0 Å². The molecule has 0 bridgehead atoms. The second-order valence-corrected chi connectivity index (χ2v) is 4.85. The van der Waals surface area contributed by atoms with Crippen molar-refractivity contribution < 1.29 is 9.53 Å². The quantitative estimate of drug-likeness (QED) is 0.848. The van der Waals surface area contributed by atoms with E-state index in [2.05, 4.69) is 4.98 Å². The minimum absolute atomic E-state index is 0. The molecule has 2 unspecified atom stereocenters. The molecule has 1 aliphatic carbocycles. The van der Waals surface area contributed by atoms with E-state index in [9.17, 15) is 4.79 Å². The molecule has 1 aromatic rings. The molecule has 2 fully saturated rings. The first-order valence-corrected chi connectivity index (χ1v) is 6.41. The molecule has 1 amide bonds. The Kier molecular flexibility index (Phi) is 4.27. The number of carbonyl (C=O) groups is 1. The number of hydrogen-bond donors (Lipinski definition) is 1. The summed E-state index contributed by atoms with van der Waals surface area (Å²) in [6.45, 7) is 1.27. The summed E-state index contributed by atoms with van der Waals surface area (Å²) in [6, 6.07) is 5.39. The van der Waals surface area contributed by atoms with Gasteiger partial charge in [0.2, 0.25) is 0 Å². The molecule has 104 valence electrons. The SMILES string of the molecule is Cl.Nc1cccc(C(=O)N2CCOC3CCCC32)n1. The van der Waals surface area contributed by atoms with Gasteiger partial charge >= 0.3 is 0 Å². The van der Waals surface area contributed by atoms with Crippen LogP contribution in [-0.4, -0.2) is 41.1 Å². The van der Waals surface area contributed by atoms with Crippen molar-refractivity contribution in [2.45, 2.75) is 31.4 Å². The van der Waals surface area contributed by atoms with Crippen molar-refractivity contribution in [2.75, 3.05) is 18.9 Å². The van der Waals surface area contributed by atoms with Crippen molar-refractivity contribution in [2.24, 2.45) is 0 Å². The summed E-state index contributed by atoms with van der Waals surface area (Å²) in [5, 5.41) is 0. The van der Waals surface area contributed by atoms with Gasteiger partial charge < -0.3 is 15.4 Å². The third kappa shape index (κ3) is 2.67. The fourth-order valence-electron chi connectivity index (χ4n) is 2.90. The van der Waals surface area contributed by atoms with Crippen molar-refractivity contribution >= 4 is 24.1 Å². The third-order valence-corrected chi connectivity index (χ3v) is 3.73. The fraction of sp³-hybridized carbons (Fsp3) is 0.538. The molecule has 1 saturated carbocycles. The molecule has 0 aromatic carbocycles. The number of nitrogens with two attached hydrogens (primary N) is 1. The van der Waals surface area contributed by atoms with E-state index in [1.54, 1.807) is 18.2 Å². The van der Waals surface area contributed by atoms with E-state index >= 15 is 0 Å². The van der Waals surface area contributed by atoms with Crippen molar-refractivity contribution in [1.82, 2.24) is 9.88 Å². The van der Waals surface area contributed by atoms with E-state index in [4.69, 9.17) is 10.5 Å². The number of anilines is 1. The van der Waals surface area contributed by atoms with Gasteiger partial charge in [-0.15, -0.1) is 12.4 Å². The summed E-state index contributed by atoms with van der Waals surface area (Å²) in [4.78, 5) is 18.5.